The molecule has 0 aliphatic carbocycles. The fourth-order valence-corrected chi connectivity index (χ4v) is 2.20. The zero-order chi connectivity index (χ0) is 16.2. The number of ketones is 1. The number of aromatic amines is 1. The van der Waals surface area contributed by atoms with Gasteiger partial charge in [0.15, 0.2) is 5.78 Å². The maximum Gasteiger partial charge on any atom is 0.242 e. The second kappa shape index (κ2) is 6.16. The van der Waals surface area contributed by atoms with Crippen LogP contribution in [0.3, 0.4) is 0 Å². The fourth-order valence-electron chi connectivity index (χ4n) is 2.20. The Labute approximate surface area is 133 Å². The van der Waals surface area contributed by atoms with E-state index >= 15 is 0 Å². The molecule has 1 aromatic heterocycles. The molecule has 1 heterocycles. The third kappa shape index (κ3) is 2.97. The van der Waals surface area contributed by atoms with Gasteiger partial charge in [0.25, 0.3) is 0 Å². The van der Waals surface area contributed by atoms with E-state index in [0.29, 0.717) is 11.4 Å². The molecule has 3 rings (SSSR count). The summed E-state index contributed by atoms with van der Waals surface area (Å²) in [6.45, 7) is 8.67. The number of para-hydroxylation sites is 1. The van der Waals surface area contributed by atoms with Crippen molar-refractivity contribution in [1.29, 1.82) is 0 Å². The van der Waals surface area contributed by atoms with Crippen LogP contribution < -0.4 is 4.74 Å². The lowest BCUT2D eigenvalue weighted by atomic mass is 10.1. The molecule has 0 aliphatic heterocycles. The molecule has 0 unspecified atom stereocenters. The minimum atomic E-state index is -0.209. The number of ether oxygens (including phenoxy) is 1. The Bertz CT molecular complexity index is 875. The third-order valence-corrected chi connectivity index (χ3v) is 3.31. The Morgan fingerprint density at radius 3 is 2.35 bits per heavy atom. The maximum absolute atomic E-state index is 11.5. The molecule has 0 fully saturated rings. The highest BCUT2D eigenvalue weighted by molar-refractivity contribution is 6.01. The van der Waals surface area contributed by atoms with Crippen LogP contribution in [0.4, 0.5) is 5.69 Å². The van der Waals surface area contributed by atoms with E-state index in [0.717, 1.165) is 11.3 Å². The first-order valence-corrected chi connectivity index (χ1v) is 6.99. The Morgan fingerprint density at radius 2 is 1.74 bits per heavy atom. The van der Waals surface area contributed by atoms with Crippen molar-refractivity contribution in [2.24, 2.45) is 0 Å². The Morgan fingerprint density at radius 1 is 1.09 bits per heavy atom. The lowest BCUT2D eigenvalue weighted by molar-refractivity contribution is 0.101. The van der Waals surface area contributed by atoms with Gasteiger partial charge in [-0.05, 0) is 36.8 Å². The van der Waals surface area contributed by atoms with Gasteiger partial charge >= 0.3 is 0 Å². The first-order valence-electron chi connectivity index (χ1n) is 6.99. The Hall–Kier alpha value is -3.39. The largest absolute Gasteiger partial charge is 0.457 e. The molecule has 0 bridgehead atoms. The second-order valence-corrected chi connectivity index (χ2v) is 4.90. The van der Waals surface area contributed by atoms with E-state index < -0.39 is 0 Å². The fraction of sp³-hybridized carbons (Fsp3) is 0.0556. The van der Waals surface area contributed by atoms with E-state index in [9.17, 15) is 4.79 Å². The van der Waals surface area contributed by atoms with Gasteiger partial charge in [0.2, 0.25) is 5.69 Å². The highest BCUT2D eigenvalue weighted by Crippen LogP contribution is 2.33. The van der Waals surface area contributed by atoms with Crippen molar-refractivity contribution in [2.75, 3.05) is 0 Å². The van der Waals surface area contributed by atoms with Gasteiger partial charge in [0.1, 0.15) is 17.2 Å². The van der Waals surface area contributed by atoms with Crippen molar-refractivity contribution >= 4 is 11.5 Å². The molecule has 5 nitrogen and oxygen atoms in total. The van der Waals surface area contributed by atoms with E-state index in [4.69, 9.17) is 11.3 Å². The van der Waals surface area contributed by atoms with Gasteiger partial charge in [-0.25, -0.2) is 4.85 Å². The van der Waals surface area contributed by atoms with Gasteiger partial charge in [0, 0.05) is 0 Å². The summed E-state index contributed by atoms with van der Waals surface area (Å²) < 4.78 is 5.73. The van der Waals surface area contributed by atoms with Crippen molar-refractivity contribution in [3.8, 4) is 22.8 Å². The molecule has 0 saturated carbocycles. The average molecular weight is 303 g/mol. The van der Waals surface area contributed by atoms with Gasteiger partial charge in [-0.3, -0.25) is 9.89 Å². The minimum Gasteiger partial charge on any atom is -0.457 e. The molecule has 0 spiro atoms. The summed E-state index contributed by atoms with van der Waals surface area (Å²) in [4.78, 5) is 14.9. The van der Waals surface area contributed by atoms with Crippen LogP contribution in [0.2, 0.25) is 0 Å². The van der Waals surface area contributed by atoms with Gasteiger partial charge in [0.05, 0.1) is 12.3 Å². The SMILES string of the molecule is [C-]#[N+]c1c(-c2ccc(Oc3ccccc3)cc2)n[nH]c1C(C)=O. The number of benzene rings is 2. The van der Waals surface area contributed by atoms with Crippen LogP contribution in [0.1, 0.15) is 17.4 Å². The predicted molar refractivity (Wildman–Crippen MR) is 86.8 cm³/mol. The number of hydrogen-bond donors (Lipinski definition) is 1. The molecule has 0 atom stereocenters. The van der Waals surface area contributed by atoms with Crippen LogP contribution in [0, 0.1) is 6.57 Å². The molecule has 0 amide bonds. The monoisotopic (exact) mass is 303 g/mol. The molecule has 3 aromatic rings. The lowest BCUT2D eigenvalue weighted by Crippen LogP contribution is -1.91. The molecule has 23 heavy (non-hydrogen) atoms. The second-order valence-electron chi connectivity index (χ2n) is 4.90. The number of nitrogens with one attached hydrogen (secondary N) is 1. The normalized spacial score (nSPS) is 10.1. The van der Waals surface area contributed by atoms with E-state index in [1.807, 2.05) is 42.5 Å². The molecule has 0 saturated heterocycles. The van der Waals surface area contributed by atoms with E-state index in [1.54, 1.807) is 12.1 Å². The smallest absolute Gasteiger partial charge is 0.242 e. The number of hydrogen-bond acceptors (Lipinski definition) is 3. The maximum atomic E-state index is 11.5. The highest BCUT2D eigenvalue weighted by Gasteiger charge is 2.17. The van der Waals surface area contributed by atoms with Crippen LogP contribution in [0.25, 0.3) is 16.1 Å². The van der Waals surface area contributed by atoms with Crippen molar-refractivity contribution in [3.05, 3.63) is 71.7 Å². The summed E-state index contributed by atoms with van der Waals surface area (Å²) in [6, 6.07) is 16.7. The summed E-state index contributed by atoms with van der Waals surface area (Å²) in [5.74, 6) is 1.23. The number of aromatic nitrogens is 2. The summed E-state index contributed by atoms with van der Waals surface area (Å²) in [5, 5.41) is 6.72. The summed E-state index contributed by atoms with van der Waals surface area (Å²) >= 11 is 0. The molecule has 5 heteroatoms. The third-order valence-electron chi connectivity index (χ3n) is 3.31. The van der Waals surface area contributed by atoms with Gasteiger partial charge in [-0.2, -0.15) is 5.10 Å². The first kappa shape index (κ1) is 14.5. The van der Waals surface area contributed by atoms with Crippen LogP contribution in [0.15, 0.2) is 54.6 Å². The number of carbonyl (C=O) groups is 1. The zero-order valence-electron chi connectivity index (χ0n) is 12.4. The minimum absolute atomic E-state index is 0.209. The number of rotatable bonds is 4. The molecule has 0 radical (unpaired) electrons. The molecule has 2 aromatic carbocycles. The van der Waals surface area contributed by atoms with Crippen molar-refractivity contribution < 1.29 is 9.53 Å². The molecular formula is C18H13N3O2. The average Bonchev–Trinajstić information content (AvgIpc) is 3.01. The predicted octanol–water partition coefficient (Wildman–Crippen LogP) is 4.62. The quantitative estimate of drug-likeness (QED) is 0.565. The van der Waals surface area contributed by atoms with E-state index in [-0.39, 0.29) is 17.2 Å². The number of nitrogens with zero attached hydrogens (tertiary/aromatic N) is 2. The van der Waals surface area contributed by atoms with E-state index in [1.165, 1.54) is 6.92 Å². The van der Waals surface area contributed by atoms with E-state index in [2.05, 4.69) is 15.0 Å². The zero-order valence-corrected chi connectivity index (χ0v) is 12.4. The van der Waals surface area contributed by atoms with Crippen LogP contribution in [-0.4, -0.2) is 16.0 Å². The van der Waals surface area contributed by atoms with Crippen LogP contribution in [-0.2, 0) is 0 Å². The Balaban J connectivity index is 1.89. The number of Topliss-reactive ketones (excluding diaryl/α,β-unsaturated/α-hetero) is 1. The standard InChI is InChI=1S/C18H13N3O2/c1-12(22)16-18(19-2)17(21-20-16)13-8-10-15(11-9-13)23-14-6-4-3-5-7-14/h3-11H,1H3,(H,20,21). The first-order chi connectivity index (χ1) is 11.2. The topological polar surface area (TPSA) is 59.3 Å². The van der Waals surface area contributed by atoms with Gasteiger partial charge in [-0.1, -0.05) is 30.3 Å². The van der Waals surface area contributed by atoms with Crippen LogP contribution >= 0.6 is 0 Å². The molecule has 112 valence electrons. The summed E-state index contributed by atoms with van der Waals surface area (Å²) in [5.41, 5.74) is 1.70. The van der Waals surface area contributed by atoms with Crippen molar-refractivity contribution in [2.45, 2.75) is 6.92 Å². The highest BCUT2D eigenvalue weighted by atomic mass is 16.5. The van der Waals surface area contributed by atoms with Gasteiger partial charge < -0.3 is 4.74 Å². The Kier molecular flexibility index (Phi) is 3.89. The summed E-state index contributed by atoms with van der Waals surface area (Å²) in [7, 11) is 0. The molecule has 0 aliphatic rings. The molecule has 1 N–H and O–H groups in total. The lowest BCUT2D eigenvalue weighted by Gasteiger charge is -2.06. The molecular weight excluding hydrogens is 290 g/mol. The van der Waals surface area contributed by atoms with Crippen molar-refractivity contribution in [3.63, 3.8) is 0 Å². The summed E-state index contributed by atoms with van der Waals surface area (Å²) in [6.07, 6.45) is 0. The number of H-pyrrole nitrogens is 1. The van der Waals surface area contributed by atoms with Gasteiger partial charge in [-0.15, -0.1) is 0 Å². The number of carbonyl (C=O) groups excluding carboxylic acids is 1. The van der Waals surface area contributed by atoms with Crippen molar-refractivity contribution in [1.82, 2.24) is 10.2 Å². The van der Waals surface area contributed by atoms with Crippen LogP contribution in [0.5, 0.6) is 11.5 Å².